The Morgan fingerprint density at radius 1 is 0.973 bits per heavy atom. The number of nitrogens with zero attached hydrogens (tertiary/aromatic N) is 4. The van der Waals surface area contributed by atoms with Crippen LogP contribution in [0.15, 0.2) is 72.8 Å². The molecule has 0 bridgehead atoms. The molecule has 4 aromatic rings. The Bertz CT molecular complexity index is 1430. The Morgan fingerprint density at radius 2 is 1.73 bits per heavy atom. The highest BCUT2D eigenvalue weighted by Crippen LogP contribution is 2.28. The predicted octanol–water partition coefficient (Wildman–Crippen LogP) is 5.51. The normalized spacial score (nSPS) is 13.4. The molecule has 0 unspecified atom stereocenters. The molecule has 1 aromatic heterocycles. The van der Waals surface area contributed by atoms with Gasteiger partial charge in [-0.15, -0.1) is 0 Å². The number of rotatable bonds is 7. The summed E-state index contributed by atoms with van der Waals surface area (Å²) in [6, 6.07) is 18.8. The molecular weight excluding hydrogens is 477 g/mol. The number of aromatic nitrogens is 2. The van der Waals surface area contributed by atoms with Gasteiger partial charge in [0.15, 0.2) is 0 Å². The summed E-state index contributed by atoms with van der Waals surface area (Å²) < 4.78 is 44.5. The molecule has 0 radical (unpaired) electrons. The van der Waals surface area contributed by atoms with Crippen LogP contribution in [0.5, 0.6) is 0 Å². The molecule has 0 fully saturated rings. The van der Waals surface area contributed by atoms with Gasteiger partial charge in [-0.2, -0.15) is 5.10 Å². The van der Waals surface area contributed by atoms with Gasteiger partial charge in [0, 0.05) is 43.7 Å². The lowest BCUT2D eigenvalue weighted by atomic mass is 10.0. The van der Waals surface area contributed by atoms with Crippen molar-refractivity contribution in [3.63, 3.8) is 0 Å². The van der Waals surface area contributed by atoms with E-state index in [0.717, 1.165) is 11.3 Å². The molecule has 0 saturated carbocycles. The second-order valence-corrected chi connectivity index (χ2v) is 9.11. The maximum atomic E-state index is 14.4. The minimum Gasteiger partial charge on any atom is -0.333 e. The van der Waals surface area contributed by atoms with Gasteiger partial charge >= 0.3 is 0 Å². The van der Waals surface area contributed by atoms with Gasteiger partial charge in [0.1, 0.15) is 17.5 Å². The molecule has 0 N–H and O–H groups in total. The highest BCUT2D eigenvalue weighted by molar-refractivity contribution is 5.94. The molecular formula is C29H27F3N4O. The zero-order chi connectivity index (χ0) is 25.9. The van der Waals surface area contributed by atoms with E-state index in [0.29, 0.717) is 49.5 Å². The molecule has 3 aromatic carbocycles. The molecule has 1 aliphatic rings. The van der Waals surface area contributed by atoms with Crippen molar-refractivity contribution in [2.45, 2.75) is 33.0 Å². The SMILES string of the molecule is CCN(Cc1nn(-c2cccc(F)c2)c2c1CN(Cc1ccccc1F)CC2)C(=O)c1ccccc1F. The maximum absolute atomic E-state index is 14.4. The minimum atomic E-state index is -0.575. The van der Waals surface area contributed by atoms with E-state index in [9.17, 15) is 18.0 Å². The van der Waals surface area contributed by atoms with E-state index in [4.69, 9.17) is 5.10 Å². The molecule has 1 aliphatic heterocycles. The molecule has 1 amide bonds. The smallest absolute Gasteiger partial charge is 0.257 e. The van der Waals surface area contributed by atoms with Crippen molar-refractivity contribution in [1.82, 2.24) is 19.6 Å². The summed E-state index contributed by atoms with van der Waals surface area (Å²) in [7, 11) is 0. The fourth-order valence-electron chi connectivity index (χ4n) is 4.81. The van der Waals surface area contributed by atoms with Crippen LogP contribution in [0.4, 0.5) is 13.2 Å². The zero-order valence-electron chi connectivity index (χ0n) is 20.5. The summed E-state index contributed by atoms with van der Waals surface area (Å²) in [5, 5.41) is 4.81. The number of halogens is 3. The van der Waals surface area contributed by atoms with E-state index in [1.807, 2.05) is 13.0 Å². The lowest BCUT2D eigenvalue weighted by Gasteiger charge is -2.28. The van der Waals surface area contributed by atoms with Crippen molar-refractivity contribution < 1.29 is 18.0 Å². The first-order chi connectivity index (χ1) is 17.9. The number of carbonyl (C=O) groups excluding carboxylic acids is 1. The van der Waals surface area contributed by atoms with E-state index >= 15 is 0 Å². The van der Waals surface area contributed by atoms with Crippen molar-refractivity contribution in [1.29, 1.82) is 0 Å². The predicted molar refractivity (Wildman–Crippen MR) is 135 cm³/mol. The largest absolute Gasteiger partial charge is 0.333 e. The Hall–Kier alpha value is -3.91. The van der Waals surface area contributed by atoms with Crippen LogP contribution >= 0.6 is 0 Å². The molecule has 5 rings (SSSR count). The summed E-state index contributed by atoms with van der Waals surface area (Å²) >= 11 is 0. The van der Waals surface area contributed by atoms with Crippen molar-refractivity contribution in [3.05, 3.63) is 118 Å². The van der Waals surface area contributed by atoms with Crippen LogP contribution in [0.3, 0.4) is 0 Å². The molecule has 5 nitrogen and oxygen atoms in total. The first kappa shape index (κ1) is 24.8. The topological polar surface area (TPSA) is 41.4 Å². The molecule has 190 valence electrons. The molecule has 0 atom stereocenters. The molecule has 8 heteroatoms. The Kier molecular flexibility index (Phi) is 7.10. The Morgan fingerprint density at radius 3 is 2.46 bits per heavy atom. The van der Waals surface area contributed by atoms with Crippen molar-refractivity contribution in [2.75, 3.05) is 13.1 Å². The number of fused-ring (bicyclic) bond motifs is 1. The highest BCUT2D eigenvalue weighted by atomic mass is 19.1. The van der Waals surface area contributed by atoms with E-state index in [2.05, 4.69) is 4.90 Å². The zero-order valence-corrected chi connectivity index (χ0v) is 20.5. The third-order valence-corrected chi connectivity index (χ3v) is 6.74. The summed E-state index contributed by atoms with van der Waals surface area (Å²) in [4.78, 5) is 16.9. The Labute approximate surface area is 213 Å². The van der Waals surface area contributed by atoms with Gasteiger partial charge in [-0.1, -0.05) is 36.4 Å². The first-order valence-corrected chi connectivity index (χ1v) is 12.3. The van der Waals surface area contributed by atoms with Gasteiger partial charge in [-0.3, -0.25) is 9.69 Å². The van der Waals surface area contributed by atoms with Gasteiger partial charge in [-0.25, -0.2) is 17.9 Å². The fourth-order valence-corrected chi connectivity index (χ4v) is 4.81. The van der Waals surface area contributed by atoms with E-state index in [1.54, 1.807) is 46.0 Å². The van der Waals surface area contributed by atoms with Crippen LogP contribution in [-0.2, 0) is 26.1 Å². The highest BCUT2D eigenvalue weighted by Gasteiger charge is 2.28. The van der Waals surface area contributed by atoms with Crippen molar-refractivity contribution >= 4 is 5.91 Å². The quantitative estimate of drug-likeness (QED) is 0.333. The third kappa shape index (κ3) is 5.15. The van der Waals surface area contributed by atoms with Crippen LogP contribution < -0.4 is 0 Å². The minimum absolute atomic E-state index is 0.00367. The van der Waals surface area contributed by atoms with Gasteiger partial charge < -0.3 is 4.90 Å². The summed E-state index contributed by atoms with van der Waals surface area (Å²) in [5.41, 5.74) is 3.71. The average Bonchev–Trinajstić information content (AvgIpc) is 3.26. The van der Waals surface area contributed by atoms with Crippen LogP contribution in [0.1, 0.15) is 39.8 Å². The second-order valence-electron chi connectivity index (χ2n) is 9.11. The average molecular weight is 505 g/mol. The van der Waals surface area contributed by atoms with Gasteiger partial charge in [0.2, 0.25) is 0 Å². The summed E-state index contributed by atoms with van der Waals surface area (Å²) in [6.45, 7) is 3.96. The van der Waals surface area contributed by atoms with Crippen LogP contribution in [-0.4, -0.2) is 38.6 Å². The maximum Gasteiger partial charge on any atom is 0.257 e. The number of hydrogen-bond donors (Lipinski definition) is 0. The molecule has 0 saturated heterocycles. The van der Waals surface area contributed by atoms with Gasteiger partial charge in [0.25, 0.3) is 5.91 Å². The number of hydrogen-bond acceptors (Lipinski definition) is 3. The fraction of sp³-hybridized carbons (Fsp3) is 0.241. The van der Waals surface area contributed by atoms with E-state index in [-0.39, 0.29) is 23.7 Å². The number of amides is 1. The molecule has 2 heterocycles. The molecule has 37 heavy (non-hydrogen) atoms. The van der Waals surface area contributed by atoms with Gasteiger partial charge in [0.05, 0.1) is 29.2 Å². The number of carbonyl (C=O) groups is 1. The molecule has 0 spiro atoms. The standard InChI is InChI=1S/C29H27F3N4O/c1-2-35(29(37)23-11-4-6-13-26(23)32)19-27-24-18-34(17-20-8-3-5-12-25(20)31)15-14-28(24)36(33-27)22-10-7-9-21(30)16-22/h3-13,16H,2,14-15,17-19H2,1H3. The van der Waals surface area contributed by atoms with E-state index < -0.39 is 11.7 Å². The third-order valence-electron chi connectivity index (χ3n) is 6.74. The van der Waals surface area contributed by atoms with Gasteiger partial charge in [-0.05, 0) is 43.3 Å². The lowest BCUT2D eigenvalue weighted by molar-refractivity contribution is 0.0745. The van der Waals surface area contributed by atoms with Crippen LogP contribution in [0, 0.1) is 17.5 Å². The lowest BCUT2D eigenvalue weighted by Crippen LogP contribution is -2.33. The van der Waals surface area contributed by atoms with Crippen LogP contribution in [0.25, 0.3) is 5.69 Å². The van der Waals surface area contributed by atoms with Crippen molar-refractivity contribution in [2.24, 2.45) is 0 Å². The summed E-state index contributed by atoms with van der Waals surface area (Å²) in [6.07, 6.45) is 0.626. The van der Waals surface area contributed by atoms with E-state index in [1.165, 1.54) is 30.3 Å². The monoisotopic (exact) mass is 504 g/mol. The first-order valence-electron chi connectivity index (χ1n) is 12.3. The molecule has 0 aliphatic carbocycles. The van der Waals surface area contributed by atoms with Crippen LogP contribution in [0.2, 0.25) is 0 Å². The Balaban J connectivity index is 1.49. The van der Waals surface area contributed by atoms with Crippen molar-refractivity contribution in [3.8, 4) is 5.69 Å². The number of benzene rings is 3. The summed E-state index contributed by atoms with van der Waals surface area (Å²) in [5.74, 6) is -1.62. The second kappa shape index (κ2) is 10.6.